The summed E-state index contributed by atoms with van der Waals surface area (Å²) >= 11 is 7.42. The van der Waals surface area contributed by atoms with E-state index in [-0.39, 0.29) is 11.5 Å². The lowest BCUT2D eigenvalue weighted by molar-refractivity contribution is 0.878. The highest BCUT2D eigenvalue weighted by Gasteiger charge is 2.16. The number of nitrogens with zero attached hydrogens (tertiary/aromatic N) is 1. The predicted octanol–water partition coefficient (Wildman–Crippen LogP) is 2.76. The third-order valence-electron chi connectivity index (χ3n) is 2.06. The van der Waals surface area contributed by atoms with Crippen LogP contribution in [0.2, 0.25) is 4.34 Å². The second kappa shape index (κ2) is 3.37. The molecule has 2 aromatic rings. The first kappa shape index (κ1) is 9.68. The molecule has 0 saturated carbocycles. The van der Waals surface area contributed by atoms with Crippen molar-refractivity contribution in [2.75, 3.05) is 0 Å². The Labute approximate surface area is 89.8 Å². The fraction of sp³-hybridized carbons (Fsp3) is 0.333. The van der Waals surface area contributed by atoms with Gasteiger partial charge in [0.2, 0.25) is 0 Å². The number of aromatic amines is 1. The molecule has 3 nitrogen and oxygen atoms in total. The summed E-state index contributed by atoms with van der Waals surface area (Å²) in [6, 6.07) is 0. The molecule has 5 heteroatoms. The normalized spacial score (nSPS) is 11.4. The van der Waals surface area contributed by atoms with E-state index in [0.29, 0.717) is 14.6 Å². The molecule has 14 heavy (non-hydrogen) atoms. The highest BCUT2D eigenvalue weighted by Crippen LogP contribution is 2.36. The molecule has 0 amide bonds. The van der Waals surface area contributed by atoms with E-state index >= 15 is 0 Å². The predicted molar refractivity (Wildman–Crippen MR) is 59.3 cm³/mol. The Hall–Kier alpha value is -0.870. The molecule has 2 rings (SSSR count). The molecule has 2 heterocycles. The summed E-state index contributed by atoms with van der Waals surface area (Å²) in [6.45, 7) is 4.03. The van der Waals surface area contributed by atoms with E-state index in [2.05, 4.69) is 9.97 Å². The summed E-state index contributed by atoms with van der Waals surface area (Å²) in [5.74, 6) is 0.238. The van der Waals surface area contributed by atoms with Crippen molar-refractivity contribution in [3.63, 3.8) is 0 Å². The zero-order valence-corrected chi connectivity index (χ0v) is 9.37. The minimum absolute atomic E-state index is 0.109. The second-order valence-electron chi connectivity index (χ2n) is 3.36. The van der Waals surface area contributed by atoms with E-state index in [4.69, 9.17) is 11.6 Å². The van der Waals surface area contributed by atoms with Gasteiger partial charge in [-0.15, -0.1) is 11.3 Å². The van der Waals surface area contributed by atoms with Crippen molar-refractivity contribution in [3.8, 4) is 0 Å². The van der Waals surface area contributed by atoms with Gasteiger partial charge < -0.3 is 4.98 Å². The monoisotopic (exact) mass is 228 g/mol. The topological polar surface area (TPSA) is 45.8 Å². The fourth-order valence-electron chi connectivity index (χ4n) is 1.45. The summed E-state index contributed by atoms with van der Waals surface area (Å²) in [4.78, 5) is 18.9. The molecule has 0 aliphatic rings. The maximum atomic E-state index is 11.6. The van der Waals surface area contributed by atoms with Crippen LogP contribution < -0.4 is 5.56 Å². The summed E-state index contributed by atoms with van der Waals surface area (Å²) in [5, 5.41) is 0.637. The Morgan fingerprint density at radius 2 is 2.29 bits per heavy atom. The van der Waals surface area contributed by atoms with Crippen molar-refractivity contribution >= 4 is 33.2 Å². The largest absolute Gasteiger partial charge is 0.313 e. The van der Waals surface area contributed by atoms with Gasteiger partial charge in [-0.25, -0.2) is 4.98 Å². The van der Waals surface area contributed by atoms with E-state index in [1.165, 1.54) is 17.7 Å². The third kappa shape index (κ3) is 1.35. The number of hydrogen-bond donors (Lipinski definition) is 1. The van der Waals surface area contributed by atoms with E-state index in [0.717, 1.165) is 5.56 Å². The molecule has 0 aliphatic carbocycles. The van der Waals surface area contributed by atoms with Crippen molar-refractivity contribution in [1.82, 2.24) is 9.97 Å². The van der Waals surface area contributed by atoms with Crippen molar-refractivity contribution < 1.29 is 0 Å². The van der Waals surface area contributed by atoms with Gasteiger partial charge in [-0.05, 0) is 11.5 Å². The summed E-state index contributed by atoms with van der Waals surface area (Å²) < 4.78 is 0.666. The Kier molecular flexibility index (Phi) is 2.33. The first-order chi connectivity index (χ1) is 6.61. The van der Waals surface area contributed by atoms with Crippen molar-refractivity contribution in [2.45, 2.75) is 19.8 Å². The molecule has 0 aliphatic heterocycles. The van der Waals surface area contributed by atoms with Crippen LogP contribution in [0.25, 0.3) is 10.2 Å². The Morgan fingerprint density at radius 1 is 1.57 bits per heavy atom. The number of rotatable bonds is 1. The van der Waals surface area contributed by atoms with Crippen molar-refractivity contribution in [1.29, 1.82) is 0 Å². The van der Waals surface area contributed by atoms with Gasteiger partial charge in [-0.2, -0.15) is 0 Å². The molecule has 74 valence electrons. The minimum atomic E-state index is -0.109. The quantitative estimate of drug-likeness (QED) is 0.816. The van der Waals surface area contributed by atoms with E-state index in [1.54, 1.807) is 0 Å². The number of nitrogens with one attached hydrogen (secondary N) is 1. The van der Waals surface area contributed by atoms with Gasteiger partial charge in [-0.3, -0.25) is 4.79 Å². The number of H-pyrrole nitrogens is 1. The highest BCUT2D eigenvalue weighted by atomic mass is 35.5. The summed E-state index contributed by atoms with van der Waals surface area (Å²) in [6.07, 6.45) is 1.40. The summed E-state index contributed by atoms with van der Waals surface area (Å²) in [5.41, 5.74) is 0.794. The van der Waals surface area contributed by atoms with Gasteiger partial charge >= 0.3 is 0 Å². The van der Waals surface area contributed by atoms with Crippen LogP contribution in [0.3, 0.4) is 0 Å². The lowest BCUT2D eigenvalue weighted by Crippen LogP contribution is -2.07. The molecule has 0 fully saturated rings. The average molecular weight is 229 g/mol. The van der Waals surface area contributed by atoms with Crippen molar-refractivity contribution in [2.24, 2.45) is 0 Å². The lowest BCUT2D eigenvalue weighted by Gasteiger charge is -2.02. The zero-order chi connectivity index (χ0) is 10.3. The first-order valence-electron chi connectivity index (χ1n) is 4.27. The van der Waals surface area contributed by atoms with Gasteiger partial charge in [-0.1, -0.05) is 25.4 Å². The SMILES string of the molecule is CC(C)c1c(Cl)sc2nc[nH]c(=O)c12. The van der Waals surface area contributed by atoms with E-state index in [1.807, 2.05) is 13.8 Å². The number of halogens is 1. The van der Waals surface area contributed by atoms with Crippen LogP contribution in [0.5, 0.6) is 0 Å². The van der Waals surface area contributed by atoms with E-state index < -0.39 is 0 Å². The molecule has 0 bridgehead atoms. The molecule has 0 radical (unpaired) electrons. The lowest BCUT2D eigenvalue weighted by atomic mass is 10.0. The zero-order valence-electron chi connectivity index (χ0n) is 7.80. The van der Waals surface area contributed by atoms with Gasteiger partial charge in [0.1, 0.15) is 4.83 Å². The van der Waals surface area contributed by atoms with Crippen LogP contribution in [0.1, 0.15) is 25.3 Å². The molecule has 1 N–H and O–H groups in total. The molecular weight excluding hydrogens is 220 g/mol. The maximum absolute atomic E-state index is 11.6. The van der Waals surface area contributed by atoms with Crippen molar-refractivity contribution in [3.05, 3.63) is 26.6 Å². The second-order valence-corrected chi connectivity index (χ2v) is 4.96. The first-order valence-corrected chi connectivity index (χ1v) is 5.46. The Bertz CT molecular complexity index is 529. The summed E-state index contributed by atoms with van der Waals surface area (Å²) in [7, 11) is 0. The van der Waals surface area contributed by atoms with Crippen LogP contribution in [0.4, 0.5) is 0 Å². The number of thiophene rings is 1. The van der Waals surface area contributed by atoms with Crippen LogP contribution in [-0.2, 0) is 0 Å². The maximum Gasteiger partial charge on any atom is 0.259 e. The average Bonchev–Trinajstić information content (AvgIpc) is 2.42. The molecule has 0 saturated heterocycles. The Morgan fingerprint density at radius 3 is 2.93 bits per heavy atom. The minimum Gasteiger partial charge on any atom is -0.313 e. The smallest absolute Gasteiger partial charge is 0.259 e. The Balaban J connectivity index is 2.94. The van der Waals surface area contributed by atoms with Gasteiger partial charge in [0, 0.05) is 0 Å². The molecule has 2 aromatic heterocycles. The molecule has 0 spiro atoms. The van der Waals surface area contributed by atoms with Gasteiger partial charge in [0.05, 0.1) is 16.0 Å². The highest BCUT2D eigenvalue weighted by molar-refractivity contribution is 7.22. The van der Waals surface area contributed by atoms with Crippen LogP contribution in [0, 0.1) is 0 Å². The van der Waals surface area contributed by atoms with Gasteiger partial charge in [0.25, 0.3) is 5.56 Å². The number of hydrogen-bond acceptors (Lipinski definition) is 3. The number of aromatic nitrogens is 2. The molecule has 0 unspecified atom stereocenters. The fourth-order valence-corrected chi connectivity index (χ4v) is 3.01. The van der Waals surface area contributed by atoms with Crippen LogP contribution in [-0.4, -0.2) is 9.97 Å². The van der Waals surface area contributed by atoms with E-state index in [9.17, 15) is 4.79 Å². The van der Waals surface area contributed by atoms with Gasteiger partial charge in [0.15, 0.2) is 0 Å². The van der Waals surface area contributed by atoms with Crippen LogP contribution >= 0.6 is 22.9 Å². The number of fused-ring (bicyclic) bond motifs is 1. The molecule has 0 atom stereocenters. The van der Waals surface area contributed by atoms with Crippen LogP contribution in [0.15, 0.2) is 11.1 Å². The third-order valence-corrected chi connectivity index (χ3v) is 3.40. The standard InChI is InChI=1S/C9H9ClN2OS/c1-4(2)5-6-8(13)11-3-12-9(6)14-7(5)10/h3-4H,1-2H3,(H,11,12,13). The molecule has 0 aromatic carbocycles. The molecular formula is C9H9ClN2OS.